The number of hydrogen-bond acceptors (Lipinski definition) is 4. The Kier molecular flexibility index (Phi) is 9.60. The summed E-state index contributed by atoms with van der Waals surface area (Å²) >= 11 is 2.12. The van der Waals surface area contributed by atoms with Gasteiger partial charge in [-0.05, 0) is 84.8 Å². The number of carbonyl (C=O) groups excluding carboxylic acids is 2. The number of halogens is 2. The molecule has 0 heterocycles. The van der Waals surface area contributed by atoms with Gasteiger partial charge in [-0.2, -0.15) is 0 Å². The average Bonchev–Trinajstić information content (AvgIpc) is 3.45. The number of rotatable bonds is 10. The Morgan fingerprint density at radius 2 is 1.59 bits per heavy atom. The summed E-state index contributed by atoms with van der Waals surface area (Å²) < 4.78 is 44.0. The summed E-state index contributed by atoms with van der Waals surface area (Å²) in [6.45, 7) is 0.841. The van der Waals surface area contributed by atoms with Crippen LogP contribution in [0, 0.1) is 9.39 Å². The van der Waals surface area contributed by atoms with Crippen LogP contribution in [-0.4, -0.2) is 43.8 Å². The van der Waals surface area contributed by atoms with Gasteiger partial charge in [-0.3, -0.25) is 13.9 Å². The Bertz CT molecular complexity index is 1400. The largest absolute Gasteiger partial charge is 0.352 e. The predicted molar refractivity (Wildman–Crippen MR) is 157 cm³/mol. The maximum Gasteiger partial charge on any atom is 0.264 e. The van der Waals surface area contributed by atoms with E-state index in [2.05, 4.69) is 27.9 Å². The summed E-state index contributed by atoms with van der Waals surface area (Å²) in [6, 6.07) is 19.8. The van der Waals surface area contributed by atoms with Crippen LogP contribution in [0.1, 0.15) is 38.2 Å². The Morgan fingerprint density at radius 1 is 0.974 bits per heavy atom. The zero-order valence-corrected chi connectivity index (χ0v) is 24.6. The molecule has 0 unspecified atom stereocenters. The molecular formula is C29H31FIN3O4S. The van der Waals surface area contributed by atoms with E-state index >= 15 is 0 Å². The summed E-state index contributed by atoms with van der Waals surface area (Å²) in [4.78, 5) is 28.4. The van der Waals surface area contributed by atoms with E-state index in [1.807, 2.05) is 0 Å². The molecule has 2 amide bonds. The van der Waals surface area contributed by atoms with Crippen LogP contribution in [0.4, 0.5) is 10.1 Å². The smallest absolute Gasteiger partial charge is 0.264 e. The molecule has 1 aliphatic carbocycles. The number of anilines is 1. The van der Waals surface area contributed by atoms with Crippen molar-refractivity contribution in [2.24, 2.45) is 0 Å². The van der Waals surface area contributed by atoms with Gasteiger partial charge in [0.25, 0.3) is 10.0 Å². The van der Waals surface area contributed by atoms with Crippen LogP contribution in [0.25, 0.3) is 0 Å². The molecule has 206 valence electrons. The predicted octanol–water partition coefficient (Wildman–Crippen LogP) is 5.10. The minimum atomic E-state index is -4.13. The second-order valence-corrected chi connectivity index (χ2v) is 12.7. The topological polar surface area (TPSA) is 86.8 Å². The molecule has 4 rings (SSSR count). The Hall–Kier alpha value is -2.99. The molecule has 1 saturated carbocycles. The fraction of sp³-hybridized carbons (Fsp3) is 0.310. The van der Waals surface area contributed by atoms with Crippen molar-refractivity contribution in [2.45, 2.75) is 56.1 Å². The van der Waals surface area contributed by atoms with Crippen LogP contribution in [0.5, 0.6) is 0 Å². The van der Waals surface area contributed by atoms with Crippen molar-refractivity contribution in [1.29, 1.82) is 0 Å². The highest BCUT2D eigenvalue weighted by Gasteiger charge is 2.33. The van der Waals surface area contributed by atoms with Crippen molar-refractivity contribution >= 4 is 50.1 Å². The fourth-order valence-corrected chi connectivity index (χ4v) is 6.44. The second kappa shape index (κ2) is 12.9. The quantitative estimate of drug-likeness (QED) is 0.306. The van der Waals surface area contributed by atoms with Gasteiger partial charge in [0, 0.05) is 21.7 Å². The standard InChI is InChI=1S/C29H31FIN3O4S/c1-21(29(36)32-24-10-6-7-11-24)33(19-22-9-5-8-14-27(22)30)28(35)20-34(25-17-15-23(31)16-18-25)39(37,38)26-12-3-2-4-13-26/h2-5,8-9,12-18,21,24H,6-7,10-11,19-20H2,1H3,(H,32,36)/t21-/m1/s1. The number of amides is 2. The second-order valence-electron chi connectivity index (χ2n) is 9.58. The van der Waals surface area contributed by atoms with Gasteiger partial charge in [-0.1, -0.05) is 49.2 Å². The van der Waals surface area contributed by atoms with Gasteiger partial charge in [0.2, 0.25) is 11.8 Å². The van der Waals surface area contributed by atoms with Crippen LogP contribution >= 0.6 is 22.6 Å². The summed E-state index contributed by atoms with van der Waals surface area (Å²) in [5.41, 5.74) is 0.541. The molecule has 1 fully saturated rings. The highest BCUT2D eigenvalue weighted by molar-refractivity contribution is 14.1. The first-order valence-electron chi connectivity index (χ1n) is 12.8. The minimum Gasteiger partial charge on any atom is -0.352 e. The first kappa shape index (κ1) is 29.0. The van der Waals surface area contributed by atoms with E-state index in [0.717, 1.165) is 33.6 Å². The number of nitrogens with zero attached hydrogens (tertiary/aromatic N) is 2. The molecule has 1 atom stereocenters. The zero-order valence-electron chi connectivity index (χ0n) is 21.6. The molecule has 3 aromatic carbocycles. The third kappa shape index (κ3) is 7.16. The van der Waals surface area contributed by atoms with Crippen LogP contribution in [-0.2, 0) is 26.2 Å². The lowest BCUT2D eigenvalue weighted by Gasteiger charge is -2.32. The van der Waals surface area contributed by atoms with E-state index in [-0.39, 0.29) is 29.0 Å². The van der Waals surface area contributed by atoms with Gasteiger partial charge in [-0.25, -0.2) is 12.8 Å². The molecule has 0 aromatic heterocycles. The minimum absolute atomic E-state index is 0.0315. The zero-order chi connectivity index (χ0) is 28.0. The first-order chi connectivity index (χ1) is 18.7. The third-order valence-corrected chi connectivity index (χ3v) is 9.40. The lowest BCUT2D eigenvalue weighted by Crippen LogP contribution is -2.52. The summed E-state index contributed by atoms with van der Waals surface area (Å²) in [5, 5.41) is 3.00. The molecule has 1 N–H and O–H groups in total. The van der Waals surface area contributed by atoms with E-state index in [1.165, 1.54) is 23.1 Å². The molecular weight excluding hydrogens is 632 g/mol. The lowest BCUT2D eigenvalue weighted by molar-refractivity contribution is -0.139. The Labute approximate surface area is 242 Å². The average molecular weight is 664 g/mol. The van der Waals surface area contributed by atoms with E-state index in [0.29, 0.717) is 5.69 Å². The maximum atomic E-state index is 14.6. The van der Waals surface area contributed by atoms with E-state index in [4.69, 9.17) is 0 Å². The number of carbonyl (C=O) groups is 2. The van der Waals surface area contributed by atoms with Crippen molar-refractivity contribution in [3.63, 3.8) is 0 Å². The number of sulfonamides is 1. The first-order valence-corrected chi connectivity index (χ1v) is 15.4. The normalized spacial score (nSPS) is 14.5. The Morgan fingerprint density at radius 3 is 2.23 bits per heavy atom. The van der Waals surface area contributed by atoms with E-state index < -0.39 is 34.3 Å². The van der Waals surface area contributed by atoms with Gasteiger partial charge < -0.3 is 10.2 Å². The third-order valence-electron chi connectivity index (χ3n) is 6.89. The van der Waals surface area contributed by atoms with Crippen LogP contribution < -0.4 is 9.62 Å². The van der Waals surface area contributed by atoms with Gasteiger partial charge in [-0.15, -0.1) is 0 Å². The number of benzene rings is 3. The molecule has 7 nitrogen and oxygen atoms in total. The Balaban J connectivity index is 1.68. The van der Waals surface area contributed by atoms with Gasteiger partial charge in [0.05, 0.1) is 10.6 Å². The van der Waals surface area contributed by atoms with Gasteiger partial charge in [0.15, 0.2) is 0 Å². The maximum absolute atomic E-state index is 14.6. The van der Waals surface area contributed by atoms with E-state index in [1.54, 1.807) is 67.6 Å². The van der Waals surface area contributed by atoms with Crippen LogP contribution in [0.3, 0.4) is 0 Å². The summed E-state index contributed by atoms with van der Waals surface area (Å²) in [5.74, 6) is -1.48. The van der Waals surface area contributed by atoms with Crippen molar-refractivity contribution in [1.82, 2.24) is 10.2 Å². The highest BCUT2D eigenvalue weighted by atomic mass is 127. The van der Waals surface area contributed by atoms with Crippen molar-refractivity contribution in [3.05, 3.63) is 93.8 Å². The molecule has 0 saturated heterocycles. The van der Waals surface area contributed by atoms with Crippen molar-refractivity contribution < 1.29 is 22.4 Å². The fourth-order valence-electron chi connectivity index (χ4n) is 4.64. The van der Waals surface area contributed by atoms with Crippen LogP contribution in [0.15, 0.2) is 83.8 Å². The monoisotopic (exact) mass is 663 g/mol. The molecule has 10 heteroatoms. The van der Waals surface area contributed by atoms with Gasteiger partial charge in [0.1, 0.15) is 18.4 Å². The van der Waals surface area contributed by atoms with Crippen LogP contribution in [0.2, 0.25) is 0 Å². The highest BCUT2D eigenvalue weighted by Crippen LogP contribution is 2.26. The molecule has 0 bridgehead atoms. The number of nitrogens with one attached hydrogen (secondary N) is 1. The number of hydrogen-bond donors (Lipinski definition) is 1. The molecule has 0 radical (unpaired) electrons. The molecule has 3 aromatic rings. The lowest BCUT2D eigenvalue weighted by atomic mass is 10.1. The summed E-state index contributed by atoms with van der Waals surface area (Å²) in [6.07, 6.45) is 3.80. The van der Waals surface area contributed by atoms with E-state index in [9.17, 15) is 22.4 Å². The molecule has 1 aliphatic rings. The van der Waals surface area contributed by atoms with Crippen molar-refractivity contribution in [2.75, 3.05) is 10.8 Å². The summed E-state index contributed by atoms with van der Waals surface area (Å²) in [7, 11) is -4.13. The van der Waals surface area contributed by atoms with Gasteiger partial charge >= 0.3 is 0 Å². The van der Waals surface area contributed by atoms with Crippen molar-refractivity contribution in [3.8, 4) is 0 Å². The SMILES string of the molecule is C[C@H](C(=O)NC1CCCC1)N(Cc1ccccc1F)C(=O)CN(c1ccc(I)cc1)S(=O)(=O)c1ccccc1. The molecule has 0 spiro atoms. The molecule has 0 aliphatic heterocycles. The molecule has 39 heavy (non-hydrogen) atoms.